The molecule has 0 radical (unpaired) electrons. The number of hydrogen-bond donors (Lipinski definition) is 8. The van der Waals surface area contributed by atoms with E-state index in [0.29, 0.717) is 5.69 Å². The fourth-order valence-electron chi connectivity index (χ4n) is 3.09. The van der Waals surface area contributed by atoms with Crippen molar-refractivity contribution in [1.82, 2.24) is 20.6 Å². The summed E-state index contributed by atoms with van der Waals surface area (Å²) in [6, 6.07) is -2.33. The van der Waals surface area contributed by atoms with Crippen molar-refractivity contribution in [3.63, 3.8) is 0 Å². The average Bonchev–Trinajstić information content (AvgIpc) is 3.18. The number of hydrogen-bond acceptors (Lipinski definition) is 9. The maximum atomic E-state index is 12.8. The highest BCUT2D eigenvalue weighted by Gasteiger charge is 2.51. The molecule has 1 aliphatic rings. The van der Waals surface area contributed by atoms with Crippen LogP contribution in [0.2, 0.25) is 0 Å². The molecule has 1 aromatic heterocycles. The van der Waals surface area contributed by atoms with Crippen molar-refractivity contribution >= 4 is 11.9 Å². The average molecular weight is 416 g/mol. The van der Waals surface area contributed by atoms with Crippen molar-refractivity contribution in [1.29, 1.82) is 0 Å². The highest BCUT2D eigenvalue weighted by Crippen LogP contribution is 2.25. The second-order valence-electron chi connectivity index (χ2n) is 7.41. The maximum absolute atomic E-state index is 12.8. The Bertz CT molecular complexity index is 685. The van der Waals surface area contributed by atoms with Crippen LogP contribution in [0.3, 0.4) is 0 Å². The normalized spacial score (nSPS) is 29.4. The van der Waals surface area contributed by atoms with Gasteiger partial charge in [-0.05, 0) is 5.92 Å². The Morgan fingerprint density at radius 3 is 2.59 bits per heavy atom. The molecule has 0 saturated carbocycles. The lowest BCUT2D eigenvalue weighted by atomic mass is 9.92. The molecule has 1 saturated heterocycles. The molecule has 1 aromatic rings. The SMILES string of the molecule is CC(C)[C@H](N[C@@]1(CO)OC[C@@H](O)[C@@H](O)[C@@H]1O)C(=O)N[C@@H](Cc1cnc[nH]1)C(=O)O. The largest absolute Gasteiger partial charge is 0.480 e. The molecule has 1 amide bonds. The molecule has 2 rings (SSSR count). The Labute approximate surface area is 166 Å². The van der Waals surface area contributed by atoms with Gasteiger partial charge in [0.1, 0.15) is 24.4 Å². The van der Waals surface area contributed by atoms with Gasteiger partial charge in [0.15, 0.2) is 5.72 Å². The third-order valence-electron chi connectivity index (χ3n) is 4.88. The maximum Gasteiger partial charge on any atom is 0.326 e. The van der Waals surface area contributed by atoms with Gasteiger partial charge in [0.05, 0.1) is 25.6 Å². The number of aromatic nitrogens is 2. The van der Waals surface area contributed by atoms with E-state index in [0.717, 1.165) is 0 Å². The summed E-state index contributed by atoms with van der Waals surface area (Å²) in [7, 11) is 0. The lowest BCUT2D eigenvalue weighted by Gasteiger charge is -2.46. The number of aliphatic hydroxyl groups is 4. The van der Waals surface area contributed by atoms with E-state index in [2.05, 4.69) is 20.6 Å². The Morgan fingerprint density at radius 1 is 1.38 bits per heavy atom. The Balaban J connectivity index is 2.16. The van der Waals surface area contributed by atoms with Crippen LogP contribution in [0.4, 0.5) is 0 Å². The number of carboxylic acids is 1. The number of imidazole rings is 1. The van der Waals surface area contributed by atoms with Crippen molar-refractivity contribution in [3.05, 3.63) is 18.2 Å². The van der Waals surface area contributed by atoms with Crippen LogP contribution in [0, 0.1) is 5.92 Å². The van der Waals surface area contributed by atoms with Crippen molar-refractivity contribution in [3.8, 4) is 0 Å². The molecule has 1 aliphatic heterocycles. The molecular formula is C17H28N4O8. The van der Waals surface area contributed by atoms with Crippen LogP contribution >= 0.6 is 0 Å². The molecule has 12 heteroatoms. The van der Waals surface area contributed by atoms with Crippen molar-refractivity contribution in [2.75, 3.05) is 13.2 Å². The Hall–Kier alpha value is -2.09. The molecule has 164 valence electrons. The van der Waals surface area contributed by atoms with Crippen LogP contribution in [0.1, 0.15) is 19.5 Å². The predicted molar refractivity (Wildman–Crippen MR) is 97.4 cm³/mol. The molecule has 0 aliphatic carbocycles. The number of amides is 1. The van der Waals surface area contributed by atoms with Crippen LogP contribution in [-0.2, 0) is 20.7 Å². The number of aliphatic hydroxyl groups excluding tert-OH is 4. The summed E-state index contributed by atoms with van der Waals surface area (Å²) < 4.78 is 5.35. The van der Waals surface area contributed by atoms with Crippen LogP contribution in [0.15, 0.2) is 12.5 Å². The monoisotopic (exact) mass is 416 g/mol. The van der Waals surface area contributed by atoms with Gasteiger partial charge < -0.3 is 40.6 Å². The summed E-state index contributed by atoms with van der Waals surface area (Å²) >= 11 is 0. The van der Waals surface area contributed by atoms with E-state index >= 15 is 0 Å². The lowest BCUT2D eigenvalue weighted by molar-refractivity contribution is -0.261. The van der Waals surface area contributed by atoms with Crippen LogP contribution in [0.25, 0.3) is 0 Å². The van der Waals surface area contributed by atoms with Crippen LogP contribution in [0.5, 0.6) is 0 Å². The van der Waals surface area contributed by atoms with E-state index in [-0.39, 0.29) is 13.0 Å². The number of carbonyl (C=O) groups excluding carboxylic acids is 1. The number of nitrogens with zero attached hydrogens (tertiary/aromatic N) is 1. The number of carbonyl (C=O) groups is 2. The number of H-pyrrole nitrogens is 1. The van der Waals surface area contributed by atoms with Gasteiger partial charge in [-0.15, -0.1) is 0 Å². The zero-order valence-electron chi connectivity index (χ0n) is 16.1. The van der Waals surface area contributed by atoms with Gasteiger partial charge in [-0.2, -0.15) is 0 Å². The van der Waals surface area contributed by atoms with Crippen molar-refractivity contribution in [2.45, 2.75) is 56.4 Å². The topological polar surface area (TPSA) is 197 Å². The van der Waals surface area contributed by atoms with Gasteiger partial charge >= 0.3 is 5.97 Å². The summed E-state index contributed by atoms with van der Waals surface area (Å²) in [5, 5.41) is 54.2. The van der Waals surface area contributed by atoms with Gasteiger partial charge in [0.2, 0.25) is 5.91 Å². The zero-order chi connectivity index (χ0) is 21.8. The van der Waals surface area contributed by atoms with Crippen molar-refractivity contribution < 1.29 is 39.9 Å². The molecule has 29 heavy (non-hydrogen) atoms. The molecule has 1 fully saturated rings. The third-order valence-corrected chi connectivity index (χ3v) is 4.88. The van der Waals surface area contributed by atoms with E-state index < -0.39 is 60.5 Å². The quantitative estimate of drug-likeness (QED) is 0.204. The number of carboxylic acid groups (broad SMARTS) is 1. The Kier molecular flexibility index (Phi) is 7.68. The molecule has 0 aromatic carbocycles. The Morgan fingerprint density at radius 2 is 2.07 bits per heavy atom. The summed E-state index contributed by atoms with van der Waals surface area (Å²) in [6.07, 6.45) is -1.89. The molecule has 0 spiro atoms. The fourth-order valence-corrected chi connectivity index (χ4v) is 3.09. The molecule has 0 unspecified atom stereocenters. The summed E-state index contributed by atoms with van der Waals surface area (Å²) in [6.45, 7) is 2.17. The van der Waals surface area contributed by atoms with Gasteiger partial charge in [0.25, 0.3) is 0 Å². The number of aliphatic carboxylic acids is 1. The van der Waals surface area contributed by atoms with E-state index in [9.17, 15) is 35.1 Å². The first-order chi connectivity index (χ1) is 13.6. The van der Waals surface area contributed by atoms with Gasteiger partial charge in [-0.3, -0.25) is 10.1 Å². The van der Waals surface area contributed by atoms with E-state index in [1.807, 2.05) is 0 Å². The number of ether oxygens (including phenoxy) is 1. The summed E-state index contributed by atoms with van der Waals surface area (Å²) in [4.78, 5) is 30.9. The summed E-state index contributed by atoms with van der Waals surface area (Å²) in [5.74, 6) is -2.35. The molecule has 2 heterocycles. The molecule has 0 bridgehead atoms. The van der Waals surface area contributed by atoms with Gasteiger partial charge in [-0.25, -0.2) is 9.78 Å². The molecule has 6 atom stereocenters. The van der Waals surface area contributed by atoms with Crippen molar-refractivity contribution in [2.24, 2.45) is 5.92 Å². The minimum absolute atomic E-state index is 0.0267. The first kappa shape index (κ1) is 23.2. The minimum Gasteiger partial charge on any atom is -0.480 e. The standard InChI is InChI=1S/C17H28N4O8/c1-8(2)12(21-17(6-22)14(25)13(24)11(23)5-29-17)15(26)20-10(16(27)28)3-9-4-18-7-19-9/h4,7-8,10-14,21-25H,3,5-6H2,1-2H3,(H,18,19)(H,20,26)(H,27,28)/t10-,11+,12-,13+,14-,17-/m0/s1. The van der Waals surface area contributed by atoms with E-state index in [1.54, 1.807) is 13.8 Å². The molecular weight excluding hydrogens is 388 g/mol. The second kappa shape index (κ2) is 9.61. The first-order valence-corrected chi connectivity index (χ1v) is 9.18. The van der Waals surface area contributed by atoms with Gasteiger partial charge in [0, 0.05) is 18.3 Å². The predicted octanol–water partition coefficient (Wildman–Crippen LogP) is -3.06. The van der Waals surface area contributed by atoms with Crippen LogP contribution < -0.4 is 10.6 Å². The van der Waals surface area contributed by atoms with E-state index in [4.69, 9.17) is 4.74 Å². The highest BCUT2D eigenvalue weighted by atomic mass is 16.6. The highest BCUT2D eigenvalue weighted by molar-refractivity contribution is 5.87. The second-order valence-corrected chi connectivity index (χ2v) is 7.41. The molecule has 12 nitrogen and oxygen atoms in total. The minimum atomic E-state index is -1.91. The number of aromatic amines is 1. The zero-order valence-corrected chi connectivity index (χ0v) is 16.1. The molecule has 8 N–H and O–H groups in total. The number of rotatable bonds is 9. The lowest BCUT2D eigenvalue weighted by Crippen LogP contribution is -2.72. The van der Waals surface area contributed by atoms with Crippen LogP contribution in [-0.4, -0.2) is 96.7 Å². The van der Waals surface area contributed by atoms with Gasteiger partial charge in [-0.1, -0.05) is 13.8 Å². The third kappa shape index (κ3) is 5.29. The first-order valence-electron chi connectivity index (χ1n) is 9.18. The fraction of sp³-hybridized carbons (Fsp3) is 0.706. The smallest absolute Gasteiger partial charge is 0.326 e. The number of nitrogens with one attached hydrogen (secondary N) is 3. The summed E-state index contributed by atoms with van der Waals surface area (Å²) in [5.41, 5.74) is -1.39. The van der Waals surface area contributed by atoms with E-state index in [1.165, 1.54) is 12.5 Å².